The summed E-state index contributed by atoms with van der Waals surface area (Å²) in [6, 6.07) is 17.4. The van der Waals surface area contributed by atoms with E-state index in [1.54, 1.807) is 0 Å². The first-order chi connectivity index (χ1) is 9.25. The van der Waals surface area contributed by atoms with Gasteiger partial charge in [-0.05, 0) is 35.6 Å². The van der Waals surface area contributed by atoms with Crippen LogP contribution in [0.1, 0.15) is 29.0 Å². The number of benzene rings is 2. The highest BCUT2D eigenvalue weighted by Gasteiger charge is 2.31. The molecule has 0 saturated carbocycles. The summed E-state index contributed by atoms with van der Waals surface area (Å²) in [7, 11) is 0. The molecule has 1 aliphatic carbocycles. The van der Waals surface area contributed by atoms with Crippen molar-refractivity contribution in [3.05, 3.63) is 70.2 Å². The molecule has 3 N–H and O–H groups in total. The Morgan fingerprint density at radius 3 is 2.55 bits per heavy atom. The average molecular weight is 308 g/mol. The number of rotatable bonds is 2. The highest BCUT2D eigenvalue weighted by Crippen LogP contribution is 2.37. The summed E-state index contributed by atoms with van der Waals surface area (Å²) in [5.74, 6) is 0.444. The van der Waals surface area contributed by atoms with Gasteiger partial charge in [0.2, 0.25) is 0 Å². The third-order valence-corrected chi connectivity index (χ3v) is 4.50. The Morgan fingerprint density at radius 2 is 1.80 bits per heavy atom. The Hall–Kier alpha value is -1.02. The van der Waals surface area contributed by atoms with Crippen molar-refractivity contribution in [1.29, 1.82) is 0 Å². The Morgan fingerprint density at radius 1 is 1.05 bits per heavy atom. The number of halogens is 2. The maximum atomic E-state index is 6.44. The normalized spacial score (nSPS) is 20.9. The van der Waals surface area contributed by atoms with Gasteiger partial charge < -0.3 is 18.1 Å². The predicted molar refractivity (Wildman–Crippen MR) is 79.3 cm³/mol. The first-order valence-electron chi connectivity index (χ1n) is 6.90. The SMILES string of the molecule is [Cl-].[NH3+][C@@H]1CCc2cccc(Cl)c2[C@@H]1Cc1ccccc1. The molecule has 0 bridgehead atoms. The van der Waals surface area contributed by atoms with Gasteiger partial charge in [0, 0.05) is 17.4 Å². The smallest absolute Gasteiger partial charge is 0.0920 e. The van der Waals surface area contributed by atoms with Crippen LogP contribution < -0.4 is 18.1 Å². The summed E-state index contributed by atoms with van der Waals surface area (Å²) in [6.07, 6.45) is 3.30. The topological polar surface area (TPSA) is 27.6 Å². The largest absolute Gasteiger partial charge is 1.00 e. The lowest BCUT2D eigenvalue weighted by Gasteiger charge is -2.30. The van der Waals surface area contributed by atoms with Crippen LogP contribution in [0.15, 0.2) is 48.5 Å². The second-order valence-electron chi connectivity index (χ2n) is 5.41. The van der Waals surface area contributed by atoms with E-state index in [-0.39, 0.29) is 12.4 Å². The van der Waals surface area contributed by atoms with E-state index in [0.29, 0.717) is 12.0 Å². The predicted octanol–water partition coefficient (Wildman–Crippen LogP) is 0.227. The zero-order chi connectivity index (χ0) is 13.2. The first-order valence-corrected chi connectivity index (χ1v) is 7.28. The third kappa shape index (κ3) is 3.01. The molecule has 0 fully saturated rings. The second kappa shape index (κ2) is 6.62. The van der Waals surface area contributed by atoms with E-state index in [1.807, 2.05) is 6.07 Å². The number of hydrogen-bond donors (Lipinski definition) is 1. The maximum Gasteiger partial charge on any atom is 0.0920 e. The molecule has 1 nitrogen and oxygen atoms in total. The van der Waals surface area contributed by atoms with E-state index in [9.17, 15) is 0 Å². The van der Waals surface area contributed by atoms with Crippen LogP contribution in [0.4, 0.5) is 0 Å². The molecule has 0 spiro atoms. The zero-order valence-corrected chi connectivity index (χ0v) is 12.9. The number of hydrogen-bond acceptors (Lipinski definition) is 0. The fraction of sp³-hybridized carbons (Fsp3) is 0.294. The summed E-state index contributed by atoms with van der Waals surface area (Å²) in [5.41, 5.74) is 8.47. The molecule has 0 aromatic heterocycles. The molecule has 1 aliphatic rings. The minimum Gasteiger partial charge on any atom is -1.00 e. The van der Waals surface area contributed by atoms with Crippen LogP contribution in [0.25, 0.3) is 0 Å². The maximum absolute atomic E-state index is 6.44. The fourth-order valence-electron chi connectivity index (χ4n) is 3.13. The quantitative estimate of drug-likeness (QED) is 0.822. The summed E-state index contributed by atoms with van der Waals surface area (Å²) < 4.78 is 0. The van der Waals surface area contributed by atoms with E-state index in [0.717, 1.165) is 24.3 Å². The van der Waals surface area contributed by atoms with Crippen molar-refractivity contribution in [1.82, 2.24) is 0 Å². The Labute approximate surface area is 131 Å². The van der Waals surface area contributed by atoms with Crippen molar-refractivity contribution in [3.8, 4) is 0 Å². The van der Waals surface area contributed by atoms with E-state index in [1.165, 1.54) is 16.7 Å². The first kappa shape index (κ1) is 15.4. The molecule has 2 atom stereocenters. The number of quaternary nitrogens is 1. The van der Waals surface area contributed by atoms with Crippen LogP contribution in [0.2, 0.25) is 5.02 Å². The molecule has 2 aromatic rings. The molecular formula is C17H19Cl2N. The lowest BCUT2D eigenvalue weighted by molar-refractivity contribution is -0.428. The van der Waals surface area contributed by atoms with Gasteiger partial charge in [-0.2, -0.15) is 0 Å². The van der Waals surface area contributed by atoms with Gasteiger partial charge in [-0.3, -0.25) is 0 Å². The van der Waals surface area contributed by atoms with Gasteiger partial charge in [0.15, 0.2) is 0 Å². The summed E-state index contributed by atoms with van der Waals surface area (Å²) in [5, 5.41) is 0.909. The van der Waals surface area contributed by atoms with Crippen LogP contribution in [0, 0.1) is 0 Å². The highest BCUT2D eigenvalue weighted by atomic mass is 35.5. The number of aryl methyl sites for hydroxylation is 1. The van der Waals surface area contributed by atoms with Gasteiger partial charge >= 0.3 is 0 Å². The van der Waals surface area contributed by atoms with E-state index in [2.05, 4.69) is 48.2 Å². The van der Waals surface area contributed by atoms with Crippen molar-refractivity contribution in [2.75, 3.05) is 0 Å². The van der Waals surface area contributed by atoms with Crippen LogP contribution in [0.3, 0.4) is 0 Å². The summed E-state index contributed by atoms with van der Waals surface area (Å²) in [6.45, 7) is 0. The van der Waals surface area contributed by atoms with Gasteiger partial charge in [-0.1, -0.05) is 54.1 Å². The van der Waals surface area contributed by atoms with Gasteiger partial charge in [-0.15, -0.1) is 0 Å². The molecular weight excluding hydrogens is 289 g/mol. The molecule has 3 rings (SSSR count). The van der Waals surface area contributed by atoms with Crippen molar-refractivity contribution < 1.29 is 18.1 Å². The molecule has 0 unspecified atom stereocenters. The van der Waals surface area contributed by atoms with Gasteiger partial charge in [0.1, 0.15) is 0 Å². The zero-order valence-electron chi connectivity index (χ0n) is 11.4. The molecule has 2 aromatic carbocycles. The molecule has 106 valence electrons. The van der Waals surface area contributed by atoms with Crippen molar-refractivity contribution in [3.63, 3.8) is 0 Å². The van der Waals surface area contributed by atoms with E-state index >= 15 is 0 Å². The monoisotopic (exact) mass is 307 g/mol. The fourth-order valence-corrected chi connectivity index (χ4v) is 3.46. The van der Waals surface area contributed by atoms with Crippen molar-refractivity contribution in [2.45, 2.75) is 31.2 Å². The van der Waals surface area contributed by atoms with E-state index < -0.39 is 0 Å². The lowest BCUT2D eigenvalue weighted by Crippen LogP contribution is -3.00. The van der Waals surface area contributed by atoms with Crippen LogP contribution in [-0.2, 0) is 12.8 Å². The minimum absolute atomic E-state index is 0. The van der Waals surface area contributed by atoms with E-state index in [4.69, 9.17) is 11.6 Å². The lowest BCUT2D eigenvalue weighted by atomic mass is 9.76. The standard InChI is InChI=1S/C17H18ClN.ClH/c18-15-8-4-7-13-9-10-16(19)14(17(13)15)11-12-5-2-1-3-6-12;/h1-8,14,16H,9-11,19H2;1H/t14-,16-;/m1./s1. The van der Waals surface area contributed by atoms with Crippen LogP contribution >= 0.6 is 11.6 Å². The van der Waals surface area contributed by atoms with Gasteiger partial charge in [-0.25, -0.2) is 0 Å². The van der Waals surface area contributed by atoms with Gasteiger partial charge in [0.05, 0.1) is 6.04 Å². The molecule has 0 amide bonds. The van der Waals surface area contributed by atoms with Crippen molar-refractivity contribution in [2.24, 2.45) is 0 Å². The molecule has 0 aliphatic heterocycles. The van der Waals surface area contributed by atoms with Crippen LogP contribution in [0.5, 0.6) is 0 Å². The Balaban J connectivity index is 0.00000147. The summed E-state index contributed by atoms with van der Waals surface area (Å²) in [4.78, 5) is 0. The Bertz CT molecular complexity index is 568. The molecule has 3 heteroatoms. The Kier molecular flexibility index (Phi) is 5.09. The molecule has 0 heterocycles. The molecule has 0 saturated heterocycles. The third-order valence-electron chi connectivity index (χ3n) is 4.17. The van der Waals surface area contributed by atoms with Crippen LogP contribution in [-0.4, -0.2) is 6.04 Å². The summed E-state index contributed by atoms with van der Waals surface area (Å²) >= 11 is 6.44. The highest BCUT2D eigenvalue weighted by molar-refractivity contribution is 6.31. The molecule has 0 radical (unpaired) electrons. The van der Waals surface area contributed by atoms with Crippen molar-refractivity contribution >= 4 is 11.6 Å². The second-order valence-corrected chi connectivity index (χ2v) is 5.81. The molecule has 20 heavy (non-hydrogen) atoms. The average Bonchev–Trinajstić information content (AvgIpc) is 2.43. The number of fused-ring (bicyclic) bond motifs is 1. The van der Waals surface area contributed by atoms with Gasteiger partial charge in [0.25, 0.3) is 0 Å². The minimum atomic E-state index is 0.